The number of rotatable bonds is 8. The molecule has 2 aromatic rings. The molecule has 1 N–H and O–H groups in total. The van der Waals surface area contributed by atoms with Crippen LogP contribution in [0.1, 0.15) is 74.4 Å². The summed E-state index contributed by atoms with van der Waals surface area (Å²) < 4.78 is 89.4. The molecule has 0 atom stereocenters. The van der Waals surface area contributed by atoms with E-state index in [4.69, 9.17) is 4.74 Å². The van der Waals surface area contributed by atoms with Crippen LogP contribution in [0, 0.1) is 17.7 Å². The van der Waals surface area contributed by atoms with Crippen molar-refractivity contribution in [2.45, 2.75) is 77.6 Å². The molecule has 0 radical (unpaired) electrons. The minimum atomic E-state index is -5.00. The lowest BCUT2D eigenvalue weighted by Crippen LogP contribution is -2.43. The molecule has 1 saturated carbocycles. The quantitative estimate of drug-likeness (QED) is 0.324. The molecule has 1 aliphatic heterocycles. The highest BCUT2D eigenvalue weighted by Crippen LogP contribution is 2.40. The first-order valence-corrected chi connectivity index (χ1v) is 13.8. The van der Waals surface area contributed by atoms with Gasteiger partial charge < -0.3 is 14.7 Å². The molecule has 0 unspecified atom stereocenters. The van der Waals surface area contributed by atoms with Crippen molar-refractivity contribution in [3.05, 3.63) is 46.9 Å². The summed E-state index contributed by atoms with van der Waals surface area (Å²) in [6.45, 7) is 4.58. The number of benzene rings is 1. The molecule has 1 aromatic heterocycles. The van der Waals surface area contributed by atoms with Gasteiger partial charge in [0.15, 0.2) is 11.6 Å². The summed E-state index contributed by atoms with van der Waals surface area (Å²) in [6.07, 6.45) is -1.53. The highest BCUT2D eigenvalue weighted by atomic mass is 19.4. The Labute approximate surface area is 239 Å². The van der Waals surface area contributed by atoms with Gasteiger partial charge in [-0.05, 0) is 57.1 Å². The number of likely N-dealkylation sites (tertiary alicyclic amines) is 1. The third-order valence-corrected chi connectivity index (χ3v) is 7.73. The van der Waals surface area contributed by atoms with Gasteiger partial charge in [-0.3, -0.25) is 9.69 Å². The maximum absolute atomic E-state index is 15.4. The van der Waals surface area contributed by atoms with Crippen LogP contribution in [0.4, 0.5) is 32.0 Å². The van der Waals surface area contributed by atoms with Crippen molar-refractivity contribution in [3.8, 4) is 11.6 Å². The first-order chi connectivity index (χ1) is 19.6. The average molecular weight is 602 g/mol. The first-order valence-electron chi connectivity index (χ1n) is 13.8. The second-order valence-corrected chi connectivity index (χ2v) is 11.5. The van der Waals surface area contributed by atoms with Crippen LogP contribution in [-0.4, -0.2) is 51.9 Å². The SMILES string of the molecule is CC(C)N(c1cc(F)c(Oc2ncc(CN3CCC(F)(F)C3)cc2C(F)(F)F)cc1C(=O)O)C(=O)[C@H]1CC[C@H](C)CC1. The van der Waals surface area contributed by atoms with Gasteiger partial charge in [-0.1, -0.05) is 6.92 Å². The van der Waals surface area contributed by atoms with Crippen molar-refractivity contribution < 1.29 is 45.8 Å². The van der Waals surface area contributed by atoms with E-state index in [2.05, 4.69) is 11.9 Å². The van der Waals surface area contributed by atoms with Crippen molar-refractivity contribution in [2.75, 3.05) is 18.0 Å². The van der Waals surface area contributed by atoms with E-state index in [1.807, 2.05) is 0 Å². The summed E-state index contributed by atoms with van der Waals surface area (Å²) in [5, 5.41) is 9.93. The summed E-state index contributed by atoms with van der Waals surface area (Å²) in [5.74, 6) is -7.78. The van der Waals surface area contributed by atoms with Crippen molar-refractivity contribution in [1.82, 2.24) is 9.88 Å². The van der Waals surface area contributed by atoms with Gasteiger partial charge in [0.25, 0.3) is 5.92 Å². The van der Waals surface area contributed by atoms with Crippen LogP contribution in [0.2, 0.25) is 0 Å². The van der Waals surface area contributed by atoms with Crippen LogP contribution in [0.5, 0.6) is 11.6 Å². The van der Waals surface area contributed by atoms with Crippen molar-refractivity contribution >= 4 is 17.6 Å². The Morgan fingerprint density at radius 2 is 1.83 bits per heavy atom. The van der Waals surface area contributed by atoms with Crippen LogP contribution >= 0.6 is 0 Å². The Morgan fingerprint density at radius 3 is 2.38 bits per heavy atom. The topological polar surface area (TPSA) is 83.0 Å². The van der Waals surface area contributed by atoms with Gasteiger partial charge >= 0.3 is 12.1 Å². The lowest BCUT2D eigenvalue weighted by molar-refractivity contribution is -0.139. The summed E-state index contributed by atoms with van der Waals surface area (Å²) in [5.41, 5.74) is -2.14. The van der Waals surface area contributed by atoms with Gasteiger partial charge in [0.1, 0.15) is 5.56 Å². The van der Waals surface area contributed by atoms with E-state index in [1.165, 1.54) is 9.80 Å². The van der Waals surface area contributed by atoms with Crippen molar-refractivity contribution in [3.63, 3.8) is 0 Å². The largest absolute Gasteiger partial charge is 0.478 e. The molecule has 230 valence electrons. The molecule has 42 heavy (non-hydrogen) atoms. The van der Waals surface area contributed by atoms with E-state index in [0.29, 0.717) is 24.8 Å². The third-order valence-electron chi connectivity index (χ3n) is 7.73. The van der Waals surface area contributed by atoms with Gasteiger partial charge in [-0.15, -0.1) is 0 Å². The number of halogens is 6. The summed E-state index contributed by atoms with van der Waals surface area (Å²) >= 11 is 0. The minimum Gasteiger partial charge on any atom is -0.478 e. The molecule has 2 fully saturated rings. The number of hydrogen-bond donors (Lipinski definition) is 1. The maximum atomic E-state index is 15.4. The molecule has 1 amide bonds. The molecule has 2 aliphatic rings. The summed E-state index contributed by atoms with van der Waals surface area (Å²) in [4.78, 5) is 31.9. The smallest absolute Gasteiger partial charge is 0.421 e. The number of carbonyl (C=O) groups excluding carboxylic acids is 1. The van der Waals surface area contributed by atoms with Crippen LogP contribution in [0.25, 0.3) is 0 Å². The fourth-order valence-electron chi connectivity index (χ4n) is 5.52. The third kappa shape index (κ3) is 7.16. The number of ether oxygens (including phenoxy) is 1. The second-order valence-electron chi connectivity index (χ2n) is 11.5. The number of aromatic nitrogens is 1. The number of carbonyl (C=O) groups is 2. The molecule has 7 nitrogen and oxygen atoms in total. The highest BCUT2D eigenvalue weighted by Gasteiger charge is 2.40. The normalized spacial score (nSPS) is 21.0. The number of nitrogens with zero attached hydrogens (tertiary/aromatic N) is 3. The van der Waals surface area contributed by atoms with Crippen molar-refractivity contribution in [2.24, 2.45) is 11.8 Å². The molecule has 1 saturated heterocycles. The predicted molar refractivity (Wildman–Crippen MR) is 141 cm³/mol. The second kappa shape index (κ2) is 12.1. The van der Waals surface area contributed by atoms with Crippen LogP contribution < -0.4 is 9.64 Å². The zero-order valence-corrected chi connectivity index (χ0v) is 23.5. The molecular weight excluding hydrogens is 568 g/mol. The van der Waals surface area contributed by atoms with E-state index in [-0.39, 0.29) is 36.2 Å². The fraction of sp³-hybridized carbons (Fsp3) is 0.552. The number of alkyl halides is 5. The summed E-state index contributed by atoms with van der Waals surface area (Å²) in [6, 6.07) is 1.66. The van der Waals surface area contributed by atoms with Gasteiger partial charge in [-0.2, -0.15) is 13.2 Å². The average Bonchev–Trinajstić information content (AvgIpc) is 3.23. The van der Waals surface area contributed by atoms with E-state index >= 15 is 4.39 Å². The Morgan fingerprint density at radius 1 is 1.17 bits per heavy atom. The standard InChI is InChI=1S/C29H33F6N3O4/c1-16(2)38(26(39)19-6-4-17(3)5-7-19)23-12-22(30)24(11-20(23)27(40)41)42-25-21(29(33,34)35)10-18(13-36-25)14-37-9-8-28(31,32)15-37/h10-13,16-17,19H,4-9,14-15H2,1-3H3,(H,40,41)/t17-,19-. The van der Waals surface area contributed by atoms with Gasteiger partial charge in [0.05, 0.1) is 17.8 Å². The van der Waals surface area contributed by atoms with Crippen LogP contribution in [0.3, 0.4) is 0 Å². The number of hydrogen-bond acceptors (Lipinski definition) is 5. The van der Waals surface area contributed by atoms with Crippen LogP contribution in [0.15, 0.2) is 24.4 Å². The van der Waals surface area contributed by atoms with E-state index in [0.717, 1.165) is 31.2 Å². The lowest BCUT2D eigenvalue weighted by atomic mass is 9.82. The number of aromatic carboxylic acids is 1. The van der Waals surface area contributed by atoms with E-state index < -0.39 is 65.6 Å². The molecule has 0 bridgehead atoms. The number of carboxylic acid groups (broad SMARTS) is 1. The summed E-state index contributed by atoms with van der Waals surface area (Å²) in [7, 11) is 0. The van der Waals surface area contributed by atoms with Crippen molar-refractivity contribution in [1.29, 1.82) is 0 Å². The zero-order chi connectivity index (χ0) is 31.0. The number of carboxylic acids is 1. The predicted octanol–water partition coefficient (Wildman–Crippen LogP) is 7.14. The molecule has 4 rings (SSSR count). The Kier molecular flexibility index (Phi) is 9.10. The monoisotopic (exact) mass is 601 g/mol. The molecule has 13 heteroatoms. The van der Waals surface area contributed by atoms with Gasteiger partial charge in [-0.25, -0.2) is 22.9 Å². The minimum absolute atomic E-state index is 0.00209. The van der Waals surface area contributed by atoms with E-state index in [9.17, 15) is 36.6 Å². The first kappa shape index (κ1) is 31.6. The molecule has 2 heterocycles. The number of pyridine rings is 1. The Hall–Kier alpha value is -3.35. The number of anilines is 1. The van der Waals surface area contributed by atoms with Crippen LogP contribution in [-0.2, 0) is 17.5 Å². The Balaban J connectivity index is 1.66. The molecule has 1 aromatic carbocycles. The number of amides is 1. The van der Waals surface area contributed by atoms with Gasteiger partial charge in [0, 0.05) is 49.8 Å². The molecule has 1 aliphatic carbocycles. The van der Waals surface area contributed by atoms with Gasteiger partial charge in [0.2, 0.25) is 11.8 Å². The van der Waals surface area contributed by atoms with E-state index in [1.54, 1.807) is 13.8 Å². The maximum Gasteiger partial charge on any atom is 0.421 e. The Bertz CT molecular complexity index is 1330. The molecule has 0 spiro atoms. The highest BCUT2D eigenvalue weighted by molar-refractivity contribution is 6.03. The fourth-order valence-corrected chi connectivity index (χ4v) is 5.52. The zero-order valence-electron chi connectivity index (χ0n) is 23.5. The molecular formula is C29H33F6N3O4. The lowest BCUT2D eigenvalue weighted by Gasteiger charge is -2.34.